The van der Waals surface area contributed by atoms with E-state index in [9.17, 15) is 13.2 Å². The van der Waals surface area contributed by atoms with Crippen LogP contribution in [0.1, 0.15) is 30.9 Å². The number of benzene rings is 2. The van der Waals surface area contributed by atoms with Gasteiger partial charge in [-0.2, -0.15) is 4.31 Å². The zero-order valence-corrected chi connectivity index (χ0v) is 18.0. The van der Waals surface area contributed by atoms with Crippen LogP contribution in [-0.4, -0.2) is 38.3 Å². The molecule has 3 rings (SSSR count). The number of carbonyl (C=O) groups excluding carboxylic acids is 1. The van der Waals surface area contributed by atoms with Gasteiger partial charge in [-0.25, -0.2) is 8.42 Å². The molecule has 0 radical (unpaired) electrons. The number of aryl methyl sites for hydroxylation is 2. The molecule has 156 valence electrons. The lowest BCUT2D eigenvalue weighted by atomic mass is 9.98. The zero-order chi connectivity index (χ0) is 21.0. The van der Waals surface area contributed by atoms with Crippen molar-refractivity contribution < 1.29 is 17.9 Å². The minimum absolute atomic E-state index is 0.131. The first-order chi connectivity index (χ1) is 13.8. The highest BCUT2D eigenvalue weighted by molar-refractivity contribution is 7.89. The van der Waals surface area contributed by atoms with E-state index in [-0.39, 0.29) is 23.3 Å². The Hall–Kier alpha value is -2.38. The maximum Gasteiger partial charge on any atom is 0.243 e. The normalized spacial score (nSPS) is 17.7. The first kappa shape index (κ1) is 21.3. The van der Waals surface area contributed by atoms with Crippen molar-refractivity contribution in [1.29, 1.82) is 0 Å². The lowest BCUT2D eigenvalue weighted by Crippen LogP contribution is -2.43. The van der Waals surface area contributed by atoms with Gasteiger partial charge < -0.3 is 10.1 Å². The predicted molar refractivity (Wildman–Crippen MR) is 114 cm³/mol. The molecule has 0 unspecified atom stereocenters. The molecule has 0 saturated carbocycles. The van der Waals surface area contributed by atoms with Crippen LogP contribution in [0.15, 0.2) is 47.4 Å². The van der Waals surface area contributed by atoms with Crippen molar-refractivity contribution in [2.45, 2.75) is 38.5 Å². The molecule has 6 nitrogen and oxygen atoms in total. The molecule has 1 fully saturated rings. The number of hydrogen-bond acceptors (Lipinski definition) is 4. The molecule has 0 spiro atoms. The molecule has 1 aliphatic heterocycles. The highest BCUT2D eigenvalue weighted by Crippen LogP contribution is 2.27. The molecule has 7 heteroatoms. The van der Waals surface area contributed by atoms with Crippen molar-refractivity contribution in [2.75, 3.05) is 25.0 Å². The molecule has 2 aromatic carbocycles. The topological polar surface area (TPSA) is 75.7 Å². The summed E-state index contributed by atoms with van der Waals surface area (Å²) in [5.74, 6) is 0.130. The Balaban J connectivity index is 1.73. The van der Waals surface area contributed by atoms with Crippen LogP contribution in [0, 0.1) is 19.8 Å². The summed E-state index contributed by atoms with van der Waals surface area (Å²) in [5, 5.41) is 3.00. The van der Waals surface area contributed by atoms with E-state index in [1.165, 1.54) is 4.31 Å². The Bertz CT molecular complexity index is 951. The Morgan fingerprint density at radius 1 is 1.14 bits per heavy atom. The smallest absolute Gasteiger partial charge is 0.243 e. The summed E-state index contributed by atoms with van der Waals surface area (Å²) in [6.45, 7) is 6.91. The van der Waals surface area contributed by atoms with Gasteiger partial charge >= 0.3 is 0 Å². The van der Waals surface area contributed by atoms with Crippen LogP contribution in [-0.2, 0) is 14.8 Å². The summed E-state index contributed by atoms with van der Waals surface area (Å²) >= 11 is 0. The van der Waals surface area contributed by atoms with Gasteiger partial charge in [-0.15, -0.1) is 0 Å². The van der Waals surface area contributed by atoms with Crippen molar-refractivity contribution in [3.8, 4) is 5.75 Å². The molecule has 1 atom stereocenters. The first-order valence-corrected chi connectivity index (χ1v) is 11.4. The third-order valence-corrected chi connectivity index (χ3v) is 7.14. The average Bonchev–Trinajstić information content (AvgIpc) is 2.71. The fourth-order valence-electron chi connectivity index (χ4n) is 3.64. The minimum Gasteiger partial charge on any atom is -0.494 e. The Labute approximate surface area is 172 Å². The van der Waals surface area contributed by atoms with Gasteiger partial charge in [-0.05, 0) is 69.0 Å². The number of amides is 1. The van der Waals surface area contributed by atoms with Gasteiger partial charge in [0.1, 0.15) is 5.75 Å². The van der Waals surface area contributed by atoms with Crippen LogP contribution >= 0.6 is 0 Å². The predicted octanol–water partition coefficient (Wildman–Crippen LogP) is 3.74. The van der Waals surface area contributed by atoms with Crippen molar-refractivity contribution in [3.05, 3.63) is 53.6 Å². The number of carbonyl (C=O) groups is 1. The molecule has 0 bridgehead atoms. The van der Waals surface area contributed by atoms with Crippen molar-refractivity contribution in [3.63, 3.8) is 0 Å². The minimum atomic E-state index is -3.65. The molecule has 2 aromatic rings. The lowest BCUT2D eigenvalue weighted by molar-refractivity contribution is -0.120. The van der Waals surface area contributed by atoms with E-state index in [1.807, 2.05) is 39.0 Å². The summed E-state index contributed by atoms with van der Waals surface area (Å²) in [7, 11) is -3.65. The van der Waals surface area contributed by atoms with E-state index < -0.39 is 10.0 Å². The summed E-state index contributed by atoms with van der Waals surface area (Å²) in [4.78, 5) is 13.1. The Kier molecular flexibility index (Phi) is 6.59. The Morgan fingerprint density at radius 3 is 2.41 bits per heavy atom. The maximum absolute atomic E-state index is 13.0. The summed E-state index contributed by atoms with van der Waals surface area (Å²) in [6, 6.07) is 12.3. The van der Waals surface area contributed by atoms with Crippen molar-refractivity contribution in [2.24, 2.45) is 5.92 Å². The van der Waals surface area contributed by atoms with Crippen LogP contribution in [0.4, 0.5) is 5.69 Å². The second-order valence-corrected chi connectivity index (χ2v) is 9.30. The van der Waals surface area contributed by atoms with Crippen LogP contribution in [0.3, 0.4) is 0 Å². The molecule has 1 heterocycles. The summed E-state index contributed by atoms with van der Waals surface area (Å²) in [5.41, 5.74) is 2.80. The number of piperidine rings is 1. The number of anilines is 1. The van der Waals surface area contributed by atoms with Gasteiger partial charge in [0.05, 0.1) is 17.4 Å². The van der Waals surface area contributed by atoms with Crippen LogP contribution in [0.5, 0.6) is 5.75 Å². The van der Waals surface area contributed by atoms with E-state index in [0.717, 1.165) is 16.8 Å². The van der Waals surface area contributed by atoms with E-state index in [1.54, 1.807) is 24.3 Å². The van der Waals surface area contributed by atoms with Crippen LogP contribution < -0.4 is 10.1 Å². The van der Waals surface area contributed by atoms with E-state index in [4.69, 9.17) is 4.74 Å². The highest BCUT2D eigenvalue weighted by atomic mass is 32.2. The fourth-order valence-corrected chi connectivity index (χ4v) is 5.16. The van der Waals surface area contributed by atoms with Gasteiger partial charge in [0, 0.05) is 18.8 Å². The number of sulfonamides is 1. The number of nitrogens with zero attached hydrogens (tertiary/aromatic N) is 1. The first-order valence-electron chi connectivity index (χ1n) is 9.93. The zero-order valence-electron chi connectivity index (χ0n) is 17.1. The molecule has 0 aliphatic carbocycles. The van der Waals surface area contributed by atoms with E-state index >= 15 is 0 Å². The molecule has 29 heavy (non-hydrogen) atoms. The van der Waals surface area contributed by atoms with Gasteiger partial charge in [-0.3, -0.25) is 4.79 Å². The van der Waals surface area contributed by atoms with E-state index in [0.29, 0.717) is 31.7 Å². The summed E-state index contributed by atoms with van der Waals surface area (Å²) in [6.07, 6.45) is 1.33. The largest absolute Gasteiger partial charge is 0.494 e. The Morgan fingerprint density at radius 2 is 1.79 bits per heavy atom. The SMILES string of the molecule is CCOc1ccc(S(=O)(=O)N2CCC[C@H](C(=O)Nc3c(C)cccc3C)C2)cc1. The van der Waals surface area contributed by atoms with Gasteiger partial charge in [0.15, 0.2) is 0 Å². The van der Waals surface area contributed by atoms with Crippen molar-refractivity contribution in [1.82, 2.24) is 4.31 Å². The fraction of sp³-hybridized carbons (Fsp3) is 0.409. The average molecular weight is 417 g/mol. The third-order valence-electron chi connectivity index (χ3n) is 5.26. The van der Waals surface area contributed by atoms with Gasteiger partial charge in [-0.1, -0.05) is 18.2 Å². The molecule has 1 N–H and O–H groups in total. The third kappa shape index (κ3) is 4.79. The van der Waals surface area contributed by atoms with Gasteiger partial charge in [0.25, 0.3) is 0 Å². The number of para-hydroxylation sites is 1. The van der Waals surface area contributed by atoms with E-state index in [2.05, 4.69) is 5.32 Å². The van der Waals surface area contributed by atoms with Crippen LogP contribution in [0.25, 0.3) is 0 Å². The van der Waals surface area contributed by atoms with Gasteiger partial charge in [0.2, 0.25) is 15.9 Å². The second-order valence-electron chi connectivity index (χ2n) is 7.36. The molecule has 1 amide bonds. The molecular formula is C22H28N2O4S. The second kappa shape index (κ2) is 8.97. The quantitative estimate of drug-likeness (QED) is 0.778. The monoisotopic (exact) mass is 416 g/mol. The standard InChI is InChI=1S/C22H28N2O4S/c1-4-28-19-10-12-20(13-11-19)29(26,27)24-14-6-9-18(15-24)22(25)23-21-16(2)7-5-8-17(21)3/h5,7-8,10-13,18H,4,6,9,14-15H2,1-3H3,(H,23,25)/t18-/m0/s1. The molecule has 1 saturated heterocycles. The number of nitrogens with one attached hydrogen (secondary N) is 1. The summed E-state index contributed by atoms with van der Waals surface area (Å²) < 4.78 is 32.9. The number of ether oxygens (including phenoxy) is 1. The molecular weight excluding hydrogens is 388 g/mol. The lowest BCUT2D eigenvalue weighted by Gasteiger charge is -2.31. The number of hydrogen-bond donors (Lipinski definition) is 1. The number of rotatable bonds is 6. The van der Waals surface area contributed by atoms with Crippen molar-refractivity contribution >= 4 is 21.6 Å². The maximum atomic E-state index is 13.0. The molecule has 1 aliphatic rings. The highest BCUT2D eigenvalue weighted by Gasteiger charge is 2.33. The van der Waals surface area contributed by atoms with Crippen LogP contribution in [0.2, 0.25) is 0 Å². The molecule has 0 aromatic heterocycles.